The molecule has 0 radical (unpaired) electrons. The predicted octanol–water partition coefficient (Wildman–Crippen LogP) is 2.49. The van der Waals surface area contributed by atoms with E-state index in [0.717, 1.165) is 15.4 Å². The number of nitrogens with zero attached hydrogens (tertiary/aromatic N) is 1. The Hall–Kier alpha value is -2.71. The minimum absolute atomic E-state index is 0.0821. The van der Waals surface area contributed by atoms with E-state index in [2.05, 4.69) is 5.32 Å². The van der Waals surface area contributed by atoms with Crippen LogP contribution in [0.2, 0.25) is 0 Å². The minimum Gasteiger partial charge on any atom is -0.452 e. The SMILES string of the molecule is Cc1ccc(S(=O)(=O)N(C)CC(=O)O[C@@H](C)C(=O)Nc2cccc(C)c2)cc1. The van der Waals surface area contributed by atoms with E-state index in [1.807, 2.05) is 19.9 Å². The van der Waals surface area contributed by atoms with Gasteiger partial charge in [0.1, 0.15) is 6.54 Å². The number of hydrogen-bond acceptors (Lipinski definition) is 5. The van der Waals surface area contributed by atoms with Crippen LogP contribution >= 0.6 is 0 Å². The quantitative estimate of drug-likeness (QED) is 0.716. The fourth-order valence-corrected chi connectivity index (χ4v) is 3.53. The lowest BCUT2D eigenvalue weighted by Crippen LogP contribution is -2.37. The van der Waals surface area contributed by atoms with Crippen molar-refractivity contribution in [3.8, 4) is 0 Å². The van der Waals surface area contributed by atoms with E-state index < -0.39 is 34.5 Å². The van der Waals surface area contributed by atoms with Gasteiger partial charge in [-0.25, -0.2) is 8.42 Å². The molecule has 0 fully saturated rings. The summed E-state index contributed by atoms with van der Waals surface area (Å²) in [6, 6.07) is 13.5. The van der Waals surface area contributed by atoms with Gasteiger partial charge in [0, 0.05) is 12.7 Å². The highest BCUT2D eigenvalue weighted by Crippen LogP contribution is 2.15. The number of esters is 1. The number of carbonyl (C=O) groups excluding carboxylic acids is 2. The molecule has 0 unspecified atom stereocenters. The van der Waals surface area contributed by atoms with Crippen LogP contribution in [-0.2, 0) is 24.3 Å². The van der Waals surface area contributed by atoms with Crippen molar-refractivity contribution in [3.63, 3.8) is 0 Å². The maximum absolute atomic E-state index is 12.5. The molecule has 0 aliphatic rings. The lowest BCUT2D eigenvalue weighted by Gasteiger charge is -2.18. The number of ether oxygens (including phenoxy) is 1. The molecule has 8 heteroatoms. The molecule has 0 spiro atoms. The summed E-state index contributed by atoms with van der Waals surface area (Å²) in [7, 11) is -2.54. The number of nitrogens with one attached hydrogen (secondary N) is 1. The van der Waals surface area contributed by atoms with Crippen LogP contribution < -0.4 is 5.32 Å². The fourth-order valence-electron chi connectivity index (χ4n) is 2.41. The molecular formula is C20H24N2O5S. The highest BCUT2D eigenvalue weighted by atomic mass is 32.2. The molecule has 1 atom stereocenters. The van der Waals surface area contributed by atoms with Crippen LogP contribution in [0.3, 0.4) is 0 Å². The van der Waals surface area contributed by atoms with Gasteiger partial charge in [-0.1, -0.05) is 29.8 Å². The average Bonchev–Trinajstić information content (AvgIpc) is 2.61. The van der Waals surface area contributed by atoms with Gasteiger partial charge < -0.3 is 10.1 Å². The number of aryl methyl sites for hydroxylation is 2. The van der Waals surface area contributed by atoms with Crippen LogP contribution in [0, 0.1) is 13.8 Å². The first kappa shape index (κ1) is 21.6. The second kappa shape index (κ2) is 8.99. The van der Waals surface area contributed by atoms with Gasteiger partial charge in [0.15, 0.2) is 6.10 Å². The van der Waals surface area contributed by atoms with Crippen molar-refractivity contribution in [1.82, 2.24) is 4.31 Å². The lowest BCUT2D eigenvalue weighted by atomic mass is 10.2. The van der Waals surface area contributed by atoms with E-state index in [9.17, 15) is 18.0 Å². The topological polar surface area (TPSA) is 92.8 Å². The fraction of sp³-hybridized carbons (Fsp3) is 0.300. The van der Waals surface area contributed by atoms with Gasteiger partial charge in [-0.05, 0) is 50.6 Å². The van der Waals surface area contributed by atoms with Gasteiger partial charge in [-0.3, -0.25) is 9.59 Å². The molecular weight excluding hydrogens is 380 g/mol. The summed E-state index contributed by atoms with van der Waals surface area (Å²) >= 11 is 0. The first-order valence-corrected chi connectivity index (χ1v) is 10.1. The largest absolute Gasteiger partial charge is 0.452 e. The van der Waals surface area contributed by atoms with Crippen LogP contribution in [-0.4, -0.2) is 44.3 Å². The van der Waals surface area contributed by atoms with E-state index in [4.69, 9.17) is 4.74 Å². The molecule has 2 aromatic rings. The Balaban J connectivity index is 1.94. The zero-order chi connectivity index (χ0) is 20.9. The monoisotopic (exact) mass is 404 g/mol. The van der Waals surface area contributed by atoms with Crippen LogP contribution in [0.25, 0.3) is 0 Å². The summed E-state index contributed by atoms with van der Waals surface area (Å²) in [6.07, 6.45) is -1.07. The highest BCUT2D eigenvalue weighted by Gasteiger charge is 2.25. The zero-order valence-corrected chi connectivity index (χ0v) is 17.1. The van der Waals surface area contributed by atoms with Crippen LogP contribution in [0.15, 0.2) is 53.4 Å². The third-order valence-corrected chi connectivity index (χ3v) is 5.86. The van der Waals surface area contributed by atoms with E-state index in [-0.39, 0.29) is 4.90 Å². The Morgan fingerprint density at radius 3 is 2.32 bits per heavy atom. The maximum atomic E-state index is 12.5. The van der Waals surface area contributed by atoms with Gasteiger partial charge >= 0.3 is 5.97 Å². The Morgan fingerprint density at radius 1 is 1.07 bits per heavy atom. The standard InChI is InChI=1S/C20H24N2O5S/c1-14-8-10-18(11-9-14)28(25,26)22(4)13-19(23)27-16(3)20(24)21-17-7-5-6-15(2)12-17/h5-12,16H,13H2,1-4H3,(H,21,24)/t16-/m0/s1. The third-order valence-electron chi connectivity index (χ3n) is 4.04. The van der Waals surface area contributed by atoms with Crippen molar-refractivity contribution in [2.45, 2.75) is 31.8 Å². The molecule has 7 nitrogen and oxygen atoms in total. The number of carbonyl (C=O) groups is 2. The average molecular weight is 404 g/mol. The second-order valence-electron chi connectivity index (χ2n) is 6.56. The Kier molecular flexibility index (Phi) is 6.93. The summed E-state index contributed by atoms with van der Waals surface area (Å²) in [4.78, 5) is 24.4. The van der Waals surface area contributed by atoms with Crippen molar-refractivity contribution < 1.29 is 22.7 Å². The molecule has 1 N–H and O–H groups in total. The van der Waals surface area contributed by atoms with E-state index >= 15 is 0 Å². The molecule has 0 aliphatic carbocycles. The van der Waals surface area contributed by atoms with E-state index in [0.29, 0.717) is 5.69 Å². The summed E-state index contributed by atoms with van der Waals surface area (Å²) in [5, 5.41) is 2.65. The molecule has 0 heterocycles. The summed E-state index contributed by atoms with van der Waals surface area (Å²) < 4.78 is 31.0. The smallest absolute Gasteiger partial charge is 0.322 e. The molecule has 0 bridgehead atoms. The molecule has 1 amide bonds. The van der Waals surface area contributed by atoms with Crippen LogP contribution in [0.4, 0.5) is 5.69 Å². The minimum atomic E-state index is -3.83. The summed E-state index contributed by atoms with van der Waals surface area (Å²) in [6.45, 7) is 4.67. The number of sulfonamides is 1. The molecule has 0 aromatic heterocycles. The number of amides is 1. The van der Waals surface area contributed by atoms with Gasteiger partial charge in [0.05, 0.1) is 4.90 Å². The molecule has 2 aromatic carbocycles. The number of anilines is 1. The lowest BCUT2D eigenvalue weighted by molar-refractivity contribution is -0.153. The summed E-state index contributed by atoms with van der Waals surface area (Å²) in [5.41, 5.74) is 2.49. The van der Waals surface area contributed by atoms with Crippen molar-refractivity contribution in [3.05, 3.63) is 59.7 Å². The number of rotatable bonds is 7. The van der Waals surface area contributed by atoms with Crippen molar-refractivity contribution >= 4 is 27.6 Å². The first-order chi connectivity index (χ1) is 13.1. The molecule has 0 saturated heterocycles. The highest BCUT2D eigenvalue weighted by molar-refractivity contribution is 7.89. The Bertz CT molecular complexity index is 955. The normalized spacial score (nSPS) is 12.5. The zero-order valence-electron chi connectivity index (χ0n) is 16.3. The van der Waals surface area contributed by atoms with Gasteiger partial charge in [-0.15, -0.1) is 0 Å². The first-order valence-electron chi connectivity index (χ1n) is 8.69. The molecule has 0 saturated carbocycles. The molecule has 2 rings (SSSR count). The number of benzene rings is 2. The Labute approximate surface area is 165 Å². The van der Waals surface area contributed by atoms with Gasteiger partial charge in [-0.2, -0.15) is 4.31 Å². The van der Waals surface area contributed by atoms with Crippen LogP contribution in [0.1, 0.15) is 18.1 Å². The molecule has 150 valence electrons. The summed E-state index contributed by atoms with van der Waals surface area (Å²) in [5.74, 6) is -1.31. The van der Waals surface area contributed by atoms with Crippen molar-refractivity contribution in [1.29, 1.82) is 0 Å². The number of likely N-dealkylation sites (N-methyl/N-ethyl adjacent to an activating group) is 1. The molecule has 0 aliphatic heterocycles. The van der Waals surface area contributed by atoms with E-state index in [1.54, 1.807) is 30.3 Å². The third kappa shape index (κ3) is 5.64. The molecule has 28 heavy (non-hydrogen) atoms. The van der Waals surface area contributed by atoms with Crippen molar-refractivity contribution in [2.75, 3.05) is 18.9 Å². The van der Waals surface area contributed by atoms with Crippen LogP contribution in [0.5, 0.6) is 0 Å². The number of hydrogen-bond donors (Lipinski definition) is 1. The van der Waals surface area contributed by atoms with Gasteiger partial charge in [0.25, 0.3) is 5.91 Å². The predicted molar refractivity (Wildman–Crippen MR) is 106 cm³/mol. The second-order valence-corrected chi connectivity index (χ2v) is 8.61. The van der Waals surface area contributed by atoms with E-state index in [1.165, 1.54) is 26.1 Å². The van der Waals surface area contributed by atoms with Crippen molar-refractivity contribution in [2.24, 2.45) is 0 Å². The Morgan fingerprint density at radius 2 is 1.71 bits per heavy atom. The maximum Gasteiger partial charge on any atom is 0.322 e. The van der Waals surface area contributed by atoms with Gasteiger partial charge in [0.2, 0.25) is 10.0 Å².